The summed E-state index contributed by atoms with van der Waals surface area (Å²) in [4.78, 5) is 11.1. The smallest absolute Gasteiger partial charge is 0.309 e. The summed E-state index contributed by atoms with van der Waals surface area (Å²) in [6, 6.07) is 8.27. The summed E-state index contributed by atoms with van der Waals surface area (Å²) >= 11 is 0. The van der Waals surface area contributed by atoms with Crippen LogP contribution in [0.25, 0.3) is 0 Å². The predicted molar refractivity (Wildman–Crippen MR) is 70.0 cm³/mol. The van der Waals surface area contributed by atoms with Crippen LogP contribution < -0.4 is 0 Å². The number of esters is 1. The summed E-state index contributed by atoms with van der Waals surface area (Å²) in [6.45, 7) is 2.22. The Labute approximate surface area is 104 Å². The van der Waals surface area contributed by atoms with E-state index in [-0.39, 0.29) is 5.97 Å². The maximum absolute atomic E-state index is 11.1. The number of carbonyl (C=O) groups excluding carboxylic acids is 1. The molecular weight excluding hydrogens is 212 g/mol. The lowest BCUT2D eigenvalue weighted by atomic mass is 10.0. The van der Waals surface area contributed by atoms with Crippen LogP contribution in [0.1, 0.15) is 43.7 Å². The fraction of sp³-hybridized carbons (Fsp3) is 0.533. The van der Waals surface area contributed by atoms with Crippen molar-refractivity contribution in [3.05, 3.63) is 35.4 Å². The first-order chi connectivity index (χ1) is 8.26. The van der Waals surface area contributed by atoms with E-state index in [2.05, 4.69) is 23.8 Å². The van der Waals surface area contributed by atoms with E-state index in [0.29, 0.717) is 6.42 Å². The largest absolute Gasteiger partial charge is 0.469 e. The van der Waals surface area contributed by atoms with Gasteiger partial charge >= 0.3 is 5.97 Å². The fourth-order valence-corrected chi connectivity index (χ4v) is 1.82. The van der Waals surface area contributed by atoms with E-state index in [9.17, 15) is 4.79 Å². The third kappa shape index (κ3) is 5.53. The highest BCUT2D eigenvalue weighted by molar-refractivity contribution is 5.72. The molecule has 0 aliphatic rings. The molecule has 0 radical (unpaired) electrons. The monoisotopic (exact) mass is 234 g/mol. The zero-order valence-corrected chi connectivity index (χ0v) is 10.9. The molecule has 0 aromatic heterocycles. The van der Waals surface area contributed by atoms with E-state index in [0.717, 1.165) is 12.0 Å². The summed E-state index contributed by atoms with van der Waals surface area (Å²) in [7, 11) is 1.42. The van der Waals surface area contributed by atoms with Crippen LogP contribution in [-0.4, -0.2) is 13.1 Å². The molecule has 0 N–H and O–H groups in total. The van der Waals surface area contributed by atoms with Gasteiger partial charge in [-0.15, -0.1) is 0 Å². The zero-order chi connectivity index (χ0) is 12.5. The summed E-state index contributed by atoms with van der Waals surface area (Å²) in [5.74, 6) is -0.180. The maximum atomic E-state index is 11.1. The SMILES string of the molecule is CCCCCCc1ccc(CC(=O)OC)cc1. The van der Waals surface area contributed by atoms with Gasteiger partial charge in [0, 0.05) is 0 Å². The van der Waals surface area contributed by atoms with E-state index in [1.54, 1.807) is 0 Å². The van der Waals surface area contributed by atoms with Gasteiger partial charge < -0.3 is 4.74 Å². The van der Waals surface area contributed by atoms with Gasteiger partial charge in [-0.25, -0.2) is 0 Å². The van der Waals surface area contributed by atoms with E-state index in [4.69, 9.17) is 0 Å². The van der Waals surface area contributed by atoms with Crippen LogP contribution >= 0.6 is 0 Å². The van der Waals surface area contributed by atoms with E-state index in [1.165, 1.54) is 38.4 Å². The highest BCUT2D eigenvalue weighted by Crippen LogP contribution is 2.10. The average Bonchev–Trinajstić information content (AvgIpc) is 2.36. The molecule has 17 heavy (non-hydrogen) atoms. The quantitative estimate of drug-likeness (QED) is 0.533. The van der Waals surface area contributed by atoms with Crippen molar-refractivity contribution >= 4 is 5.97 Å². The summed E-state index contributed by atoms with van der Waals surface area (Å²) in [5.41, 5.74) is 2.38. The molecule has 0 fully saturated rings. The molecule has 0 saturated heterocycles. The minimum Gasteiger partial charge on any atom is -0.469 e. The Morgan fingerprint density at radius 1 is 1.06 bits per heavy atom. The molecule has 1 rings (SSSR count). The number of carbonyl (C=O) groups is 1. The van der Waals surface area contributed by atoms with Crippen LogP contribution in [0.5, 0.6) is 0 Å². The molecule has 0 bridgehead atoms. The maximum Gasteiger partial charge on any atom is 0.309 e. The third-order valence-electron chi connectivity index (χ3n) is 2.92. The molecule has 94 valence electrons. The second-order valence-electron chi connectivity index (χ2n) is 4.38. The molecule has 0 heterocycles. The molecule has 0 aliphatic heterocycles. The summed E-state index contributed by atoms with van der Waals surface area (Å²) in [6.07, 6.45) is 6.66. The van der Waals surface area contributed by atoms with Gasteiger partial charge in [0.15, 0.2) is 0 Å². The molecule has 0 saturated carbocycles. The van der Waals surface area contributed by atoms with Crippen molar-refractivity contribution in [3.63, 3.8) is 0 Å². The van der Waals surface area contributed by atoms with Crippen molar-refractivity contribution in [2.75, 3.05) is 7.11 Å². The zero-order valence-electron chi connectivity index (χ0n) is 10.9. The number of rotatable bonds is 7. The van der Waals surface area contributed by atoms with Gasteiger partial charge in [0.05, 0.1) is 13.5 Å². The van der Waals surface area contributed by atoms with Gasteiger partial charge in [0.25, 0.3) is 0 Å². The lowest BCUT2D eigenvalue weighted by Gasteiger charge is -2.03. The van der Waals surface area contributed by atoms with Crippen molar-refractivity contribution in [1.29, 1.82) is 0 Å². The average molecular weight is 234 g/mol. The molecule has 0 aliphatic carbocycles. The Morgan fingerprint density at radius 2 is 1.71 bits per heavy atom. The fourth-order valence-electron chi connectivity index (χ4n) is 1.82. The van der Waals surface area contributed by atoms with Crippen LogP contribution in [0.15, 0.2) is 24.3 Å². The Hall–Kier alpha value is -1.31. The van der Waals surface area contributed by atoms with Crippen LogP contribution in [0.2, 0.25) is 0 Å². The van der Waals surface area contributed by atoms with Gasteiger partial charge in [-0.3, -0.25) is 4.79 Å². The lowest BCUT2D eigenvalue weighted by molar-refractivity contribution is -0.139. The molecule has 0 amide bonds. The van der Waals surface area contributed by atoms with Crippen molar-refractivity contribution in [1.82, 2.24) is 0 Å². The molecule has 1 aromatic rings. The second kappa shape index (κ2) is 7.88. The lowest BCUT2D eigenvalue weighted by Crippen LogP contribution is -2.04. The standard InChI is InChI=1S/C15H22O2/c1-3-4-5-6-7-13-8-10-14(11-9-13)12-15(16)17-2/h8-11H,3-7,12H2,1-2H3. The second-order valence-corrected chi connectivity index (χ2v) is 4.38. The van der Waals surface area contributed by atoms with Crippen molar-refractivity contribution < 1.29 is 9.53 Å². The van der Waals surface area contributed by atoms with E-state index < -0.39 is 0 Å². The highest BCUT2D eigenvalue weighted by Gasteiger charge is 2.02. The van der Waals surface area contributed by atoms with Crippen molar-refractivity contribution in [2.45, 2.75) is 45.4 Å². The van der Waals surface area contributed by atoms with Crippen molar-refractivity contribution in [2.24, 2.45) is 0 Å². The van der Waals surface area contributed by atoms with Crippen molar-refractivity contribution in [3.8, 4) is 0 Å². The highest BCUT2D eigenvalue weighted by atomic mass is 16.5. The number of ether oxygens (including phenoxy) is 1. The summed E-state index contributed by atoms with van der Waals surface area (Å²) in [5, 5.41) is 0. The van der Waals surface area contributed by atoms with Gasteiger partial charge in [-0.05, 0) is 24.0 Å². The van der Waals surface area contributed by atoms with Crippen LogP contribution in [0.3, 0.4) is 0 Å². The summed E-state index contributed by atoms with van der Waals surface area (Å²) < 4.78 is 4.64. The number of hydrogen-bond acceptors (Lipinski definition) is 2. The van der Waals surface area contributed by atoms with Gasteiger partial charge in [0.1, 0.15) is 0 Å². The first kappa shape index (κ1) is 13.8. The van der Waals surface area contributed by atoms with Crippen LogP contribution in [-0.2, 0) is 22.4 Å². The predicted octanol–water partition coefficient (Wildman–Crippen LogP) is 3.52. The van der Waals surface area contributed by atoms with Crippen LogP contribution in [0.4, 0.5) is 0 Å². The molecule has 2 heteroatoms. The number of methoxy groups -OCH3 is 1. The van der Waals surface area contributed by atoms with Crippen LogP contribution in [0, 0.1) is 0 Å². The normalized spacial score (nSPS) is 10.2. The molecule has 0 spiro atoms. The van der Waals surface area contributed by atoms with Gasteiger partial charge in [-0.2, -0.15) is 0 Å². The first-order valence-electron chi connectivity index (χ1n) is 6.41. The molecular formula is C15H22O2. The minimum atomic E-state index is -0.180. The number of benzene rings is 1. The molecule has 2 nitrogen and oxygen atoms in total. The minimum absolute atomic E-state index is 0.180. The number of unbranched alkanes of at least 4 members (excludes halogenated alkanes) is 3. The van der Waals surface area contributed by atoms with E-state index >= 15 is 0 Å². The number of hydrogen-bond donors (Lipinski definition) is 0. The molecule has 1 aromatic carbocycles. The Balaban J connectivity index is 2.36. The van der Waals surface area contributed by atoms with Gasteiger partial charge in [0.2, 0.25) is 0 Å². The molecule has 0 unspecified atom stereocenters. The Kier molecular flexibility index (Phi) is 6.38. The van der Waals surface area contributed by atoms with E-state index in [1.807, 2.05) is 12.1 Å². The first-order valence-corrected chi connectivity index (χ1v) is 6.41. The topological polar surface area (TPSA) is 26.3 Å². The Bertz CT molecular complexity index is 327. The molecule has 0 atom stereocenters. The Morgan fingerprint density at radius 3 is 2.29 bits per heavy atom. The van der Waals surface area contributed by atoms with Gasteiger partial charge in [-0.1, -0.05) is 50.5 Å². The number of aryl methyl sites for hydroxylation is 1. The third-order valence-corrected chi connectivity index (χ3v) is 2.92.